The van der Waals surface area contributed by atoms with Crippen LogP contribution in [0.25, 0.3) is 11.4 Å². The van der Waals surface area contributed by atoms with E-state index in [0.717, 1.165) is 5.56 Å². The number of nitrogens with zero attached hydrogens (tertiary/aromatic N) is 2. The van der Waals surface area contributed by atoms with E-state index >= 15 is 0 Å². The molecule has 0 atom stereocenters. The van der Waals surface area contributed by atoms with Gasteiger partial charge in [0, 0.05) is 36.4 Å². The Morgan fingerprint density at radius 3 is 2.53 bits per heavy atom. The number of amides is 1. The lowest BCUT2D eigenvalue weighted by molar-refractivity contribution is -0.121. The van der Waals surface area contributed by atoms with Gasteiger partial charge in [0.25, 0.3) is 5.56 Å². The molecule has 1 heterocycles. The number of aromatic nitrogens is 2. The van der Waals surface area contributed by atoms with Gasteiger partial charge in [0.2, 0.25) is 5.91 Å². The maximum atomic E-state index is 13.8. The van der Waals surface area contributed by atoms with E-state index in [-0.39, 0.29) is 31.3 Å². The van der Waals surface area contributed by atoms with Crippen molar-refractivity contribution in [1.29, 1.82) is 0 Å². The summed E-state index contributed by atoms with van der Waals surface area (Å²) >= 11 is 0. The number of aryl methyl sites for hydroxylation is 1. The summed E-state index contributed by atoms with van der Waals surface area (Å²) < 4.78 is 15.0. The van der Waals surface area contributed by atoms with Crippen LogP contribution in [-0.4, -0.2) is 27.2 Å². The summed E-state index contributed by atoms with van der Waals surface area (Å²) in [4.78, 5) is 30.3. The molecule has 2 aromatic carbocycles. The summed E-state index contributed by atoms with van der Waals surface area (Å²) in [5.41, 5.74) is 2.94. The Morgan fingerprint density at radius 1 is 1.19 bits per heavy atom. The van der Waals surface area contributed by atoms with Gasteiger partial charge in [-0.2, -0.15) is 0 Å². The molecule has 0 aliphatic heterocycles. The average molecular weight is 438 g/mol. The van der Waals surface area contributed by atoms with Crippen molar-refractivity contribution < 1.29 is 14.3 Å². The number of hydrogen-bond donors (Lipinski definition) is 2. The summed E-state index contributed by atoms with van der Waals surface area (Å²) in [7, 11) is 0. The van der Waals surface area contributed by atoms with E-state index < -0.39 is 11.4 Å². The first kappa shape index (κ1) is 23.3. The van der Waals surface area contributed by atoms with Gasteiger partial charge < -0.3 is 10.4 Å². The summed E-state index contributed by atoms with van der Waals surface area (Å²) in [5.74, 6) is -0.188. The second-order valence-electron chi connectivity index (χ2n) is 8.05. The van der Waals surface area contributed by atoms with Gasteiger partial charge in [-0.15, -0.1) is 0 Å². The molecule has 3 rings (SSSR count). The van der Waals surface area contributed by atoms with Crippen LogP contribution >= 0.6 is 0 Å². The van der Waals surface area contributed by atoms with Crippen LogP contribution in [0.3, 0.4) is 0 Å². The van der Waals surface area contributed by atoms with E-state index in [9.17, 15) is 19.1 Å². The van der Waals surface area contributed by atoms with E-state index in [2.05, 4.69) is 24.1 Å². The Kier molecular flexibility index (Phi) is 7.53. The van der Waals surface area contributed by atoms with Crippen molar-refractivity contribution in [2.24, 2.45) is 0 Å². The fraction of sp³-hybridized carbons (Fsp3) is 0.320. The molecule has 0 radical (unpaired) electrons. The van der Waals surface area contributed by atoms with E-state index in [1.54, 1.807) is 13.0 Å². The second-order valence-corrected chi connectivity index (χ2v) is 8.05. The zero-order valence-corrected chi connectivity index (χ0v) is 18.6. The number of rotatable bonds is 8. The van der Waals surface area contributed by atoms with Crippen LogP contribution in [0.15, 0.2) is 53.3 Å². The highest BCUT2D eigenvalue weighted by atomic mass is 19.1. The Morgan fingerprint density at radius 2 is 1.91 bits per heavy atom. The normalized spacial score (nSPS) is 11.1. The van der Waals surface area contributed by atoms with E-state index in [1.807, 2.05) is 24.3 Å². The van der Waals surface area contributed by atoms with Gasteiger partial charge in [0.05, 0.1) is 0 Å². The Labute approximate surface area is 186 Å². The minimum absolute atomic E-state index is 0.130. The number of aliphatic hydroxyl groups is 1. The van der Waals surface area contributed by atoms with Crippen molar-refractivity contribution in [3.05, 3.63) is 87.1 Å². The maximum absolute atomic E-state index is 13.8. The van der Waals surface area contributed by atoms with Gasteiger partial charge in [0.15, 0.2) is 0 Å². The van der Waals surface area contributed by atoms with Crippen molar-refractivity contribution in [1.82, 2.24) is 14.9 Å². The highest BCUT2D eigenvalue weighted by Gasteiger charge is 2.18. The lowest BCUT2D eigenvalue weighted by atomic mass is 10.0. The summed E-state index contributed by atoms with van der Waals surface area (Å²) in [5, 5.41) is 12.2. The van der Waals surface area contributed by atoms with E-state index in [4.69, 9.17) is 0 Å². The number of nitrogens with one attached hydrogen (secondary N) is 1. The third-order valence-corrected chi connectivity index (χ3v) is 5.35. The third kappa shape index (κ3) is 5.48. The molecule has 32 heavy (non-hydrogen) atoms. The van der Waals surface area contributed by atoms with Gasteiger partial charge >= 0.3 is 0 Å². The monoisotopic (exact) mass is 437 g/mol. The molecule has 2 N–H and O–H groups in total. The molecule has 1 amide bonds. The SMILES string of the molecule is Cc1nc(-c2cccc(F)c2)n(CC(=O)NCc2ccc(C(C)C)cc2)c(=O)c1CCO. The molecule has 6 nitrogen and oxygen atoms in total. The lowest BCUT2D eigenvalue weighted by Gasteiger charge is -2.16. The van der Waals surface area contributed by atoms with Crippen LogP contribution in [0.2, 0.25) is 0 Å². The molecule has 168 valence electrons. The molecule has 0 spiro atoms. The summed E-state index contributed by atoms with van der Waals surface area (Å²) in [6, 6.07) is 13.7. The largest absolute Gasteiger partial charge is 0.396 e. The molecule has 0 bridgehead atoms. The van der Waals surface area contributed by atoms with Crippen LogP contribution in [0.4, 0.5) is 4.39 Å². The number of hydrogen-bond acceptors (Lipinski definition) is 4. The van der Waals surface area contributed by atoms with Gasteiger partial charge in [-0.05, 0) is 36.1 Å². The smallest absolute Gasteiger partial charge is 0.257 e. The highest BCUT2D eigenvalue weighted by Crippen LogP contribution is 2.19. The molecule has 0 fully saturated rings. The zero-order chi connectivity index (χ0) is 23.3. The fourth-order valence-electron chi connectivity index (χ4n) is 3.52. The first-order valence-corrected chi connectivity index (χ1v) is 10.6. The molecule has 1 aromatic heterocycles. The van der Waals surface area contributed by atoms with Crippen LogP contribution in [0.1, 0.15) is 42.1 Å². The van der Waals surface area contributed by atoms with Crippen LogP contribution in [0, 0.1) is 12.7 Å². The predicted molar refractivity (Wildman–Crippen MR) is 122 cm³/mol. The highest BCUT2D eigenvalue weighted by molar-refractivity contribution is 5.76. The lowest BCUT2D eigenvalue weighted by Crippen LogP contribution is -2.35. The van der Waals surface area contributed by atoms with E-state index in [1.165, 1.54) is 28.3 Å². The van der Waals surface area contributed by atoms with Gasteiger partial charge in [0.1, 0.15) is 18.2 Å². The summed E-state index contributed by atoms with van der Waals surface area (Å²) in [6.45, 7) is 5.75. The van der Waals surface area contributed by atoms with Crippen LogP contribution in [0.5, 0.6) is 0 Å². The molecular weight excluding hydrogens is 409 g/mol. The van der Waals surface area contributed by atoms with Crippen molar-refractivity contribution in [2.75, 3.05) is 6.61 Å². The fourth-order valence-corrected chi connectivity index (χ4v) is 3.52. The molecular formula is C25H28FN3O3. The number of carbonyl (C=O) groups is 1. The first-order chi connectivity index (χ1) is 15.3. The topological polar surface area (TPSA) is 84.2 Å². The molecule has 3 aromatic rings. The maximum Gasteiger partial charge on any atom is 0.257 e. The summed E-state index contributed by atoms with van der Waals surface area (Å²) in [6.07, 6.45) is 0.130. The van der Waals surface area contributed by atoms with Crippen molar-refractivity contribution >= 4 is 5.91 Å². The number of carbonyl (C=O) groups excluding carboxylic acids is 1. The molecule has 0 unspecified atom stereocenters. The molecule has 0 saturated heterocycles. The van der Waals surface area contributed by atoms with E-state index in [0.29, 0.717) is 29.3 Å². The average Bonchev–Trinajstić information content (AvgIpc) is 2.77. The van der Waals surface area contributed by atoms with Crippen molar-refractivity contribution in [2.45, 2.75) is 46.2 Å². The molecule has 7 heteroatoms. The Hall–Kier alpha value is -3.32. The Balaban J connectivity index is 1.87. The third-order valence-electron chi connectivity index (χ3n) is 5.35. The van der Waals surface area contributed by atoms with Gasteiger partial charge in [-0.1, -0.05) is 50.2 Å². The quantitative estimate of drug-likeness (QED) is 0.566. The zero-order valence-electron chi connectivity index (χ0n) is 18.6. The number of benzene rings is 2. The molecule has 0 aliphatic rings. The van der Waals surface area contributed by atoms with Crippen LogP contribution in [-0.2, 0) is 24.3 Å². The first-order valence-electron chi connectivity index (χ1n) is 10.6. The molecule has 0 aliphatic carbocycles. The van der Waals surface area contributed by atoms with Crippen molar-refractivity contribution in [3.63, 3.8) is 0 Å². The standard InChI is InChI=1S/C25H28FN3O3/c1-16(2)19-9-7-18(8-10-19)14-27-23(31)15-29-24(20-5-4-6-21(26)13-20)28-17(3)22(11-12-30)25(29)32/h4-10,13,16,30H,11-12,14-15H2,1-3H3,(H,27,31). The van der Waals surface area contributed by atoms with Gasteiger partial charge in [-0.25, -0.2) is 9.37 Å². The predicted octanol–water partition coefficient (Wildman–Crippen LogP) is 3.33. The molecule has 0 saturated carbocycles. The van der Waals surface area contributed by atoms with Gasteiger partial charge in [-0.3, -0.25) is 14.2 Å². The number of aliphatic hydroxyl groups excluding tert-OH is 1. The Bertz CT molecular complexity index is 1150. The van der Waals surface area contributed by atoms with Crippen LogP contribution < -0.4 is 10.9 Å². The number of halogens is 1. The minimum atomic E-state index is -0.463. The second kappa shape index (κ2) is 10.3. The minimum Gasteiger partial charge on any atom is -0.396 e. The van der Waals surface area contributed by atoms with Crippen molar-refractivity contribution in [3.8, 4) is 11.4 Å².